The predicted octanol–water partition coefficient (Wildman–Crippen LogP) is 4.93. The number of amides is 1. The summed E-state index contributed by atoms with van der Waals surface area (Å²) >= 11 is 0. The van der Waals surface area contributed by atoms with Gasteiger partial charge in [-0.1, -0.05) is 29.8 Å². The molecule has 0 radical (unpaired) electrons. The zero-order valence-electron chi connectivity index (χ0n) is 18.6. The van der Waals surface area contributed by atoms with Gasteiger partial charge in [0.1, 0.15) is 6.33 Å². The molecule has 0 saturated carbocycles. The van der Waals surface area contributed by atoms with Crippen molar-refractivity contribution in [3.63, 3.8) is 0 Å². The maximum absolute atomic E-state index is 13.3. The molecule has 3 aromatic heterocycles. The third-order valence-corrected chi connectivity index (χ3v) is 6.09. The van der Waals surface area contributed by atoms with Crippen molar-refractivity contribution in [2.45, 2.75) is 25.7 Å². The van der Waals surface area contributed by atoms with Gasteiger partial charge in [0.25, 0.3) is 5.91 Å². The molecule has 0 aliphatic carbocycles. The summed E-state index contributed by atoms with van der Waals surface area (Å²) in [5.74, 6) is 0.215. The van der Waals surface area contributed by atoms with Crippen LogP contribution >= 0.6 is 0 Å². The van der Waals surface area contributed by atoms with Crippen molar-refractivity contribution in [2.24, 2.45) is 0 Å². The monoisotopic (exact) mass is 435 g/mol. The Morgan fingerprint density at radius 1 is 0.909 bits per heavy atom. The van der Waals surface area contributed by atoms with Gasteiger partial charge >= 0.3 is 0 Å². The van der Waals surface area contributed by atoms with Crippen LogP contribution in [0.1, 0.15) is 40.4 Å². The standard InChI is InChI=1S/C27H25N5O/c1-19-5-2-6-20(11-19)25-8-3-9-26(31-25)21-7-4-10-32(17-21)27(33)23-12-22(13-28-14-23)24-15-29-18-30-16-24/h2-3,5-6,8-9,11-16,18,21H,4,7,10,17H2,1H3/t21-/m1/s1. The number of aromatic nitrogens is 4. The maximum atomic E-state index is 13.3. The number of rotatable bonds is 4. The van der Waals surface area contributed by atoms with E-state index in [4.69, 9.17) is 4.98 Å². The first-order chi connectivity index (χ1) is 16.2. The molecular formula is C27H25N5O. The smallest absolute Gasteiger partial charge is 0.255 e. The second-order valence-electron chi connectivity index (χ2n) is 8.50. The van der Waals surface area contributed by atoms with Crippen LogP contribution in [0.2, 0.25) is 0 Å². The molecule has 6 nitrogen and oxygen atoms in total. The van der Waals surface area contributed by atoms with Crippen molar-refractivity contribution in [2.75, 3.05) is 13.1 Å². The normalized spacial score (nSPS) is 15.9. The van der Waals surface area contributed by atoms with Crippen LogP contribution in [0.15, 0.2) is 79.6 Å². The Bertz CT molecular complexity index is 1270. The number of hydrogen-bond donors (Lipinski definition) is 0. The molecule has 1 aliphatic rings. The lowest BCUT2D eigenvalue weighted by Gasteiger charge is -2.32. The Hall–Kier alpha value is -3.93. The van der Waals surface area contributed by atoms with Crippen LogP contribution in [0.5, 0.6) is 0 Å². The fourth-order valence-electron chi connectivity index (χ4n) is 4.39. The molecule has 4 heterocycles. The van der Waals surface area contributed by atoms with Gasteiger partial charge in [0, 0.05) is 66.2 Å². The van der Waals surface area contributed by atoms with Crippen molar-refractivity contribution in [1.29, 1.82) is 0 Å². The zero-order valence-corrected chi connectivity index (χ0v) is 18.6. The summed E-state index contributed by atoms with van der Waals surface area (Å²) in [6, 6.07) is 16.5. The SMILES string of the molecule is Cc1cccc(-c2cccc([C@@H]3CCCN(C(=O)c4cncc(-c5cncnc5)c4)C3)n2)c1. The van der Waals surface area contributed by atoms with E-state index in [0.717, 1.165) is 47.5 Å². The van der Waals surface area contributed by atoms with Gasteiger partial charge < -0.3 is 4.90 Å². The summed E-state index contributed by atoms with van der Waals surface area (Å²) < 4.78 is 0. The number of hydrogen-bond acceptors (Lipinski definition) is 5. The molecule has 0 unspecified atom stereocenters. The molecule has 6 heteroatoms. The largest absolute Gasteiger partial charge is 0.338 e. The van der Waals surface area contributed by atoms with E-state index in [2.05, 4.69) is 64.3 Å². The predicted molar refractivity (Wildman–Crippen MR) is 128 cm³/mol. The Balaban J connectivity index is 1.35. The van der Waals surface area contributed by atoms with Crippen molar-refractivity contribution in [1.82, 2.24) is 24.8 Å². The highest BCUT2D eigenvalue weighted by atomic mass is 16.2. The van der Waals surface area contributed by atoms with Gasteiger partial charge in [0.15, 0.2) is 0 Å². The van der Waals surface area contributed by atoms with E-state index < -0.39 is 0 Å². The Kier molecular flexibility index (Phi) is 5.89. The van der Waals surface area contributed by atoms with Crippen LogP contribution in [0.3, 0.4) is 0 Å². The van der Waals surface area contributed by atoms with E-state index in [1.54, 1.807) is 24.8 Å². The molecule has 0 N–H and O–H groups in total. The molecular weight excluding hydrogens is 410 g/mol. The van der Waals surface area contributed by atoms with Crippen molar-refractivity contribution in [3.8, 4) is 22.4 Å². The second-order valence-corrected chi connectivity index (χ2v) is 8.50. The van der Waals surface area contributed by atoms with Crippen LogP contribution < -0.4 is 0 Å². The zero-order chi connectivity index (χ0) is 22.6. The number of carbonyl (C=O) groups is 1. The van der Waals surface area contributed by atoms with E-state index in [1.807, 2.05) is 11.0 Å². The summed E-state index contributed by atoms with van der Waals surface area (Å²) in [7, 11) is 0. The Morgan fingerprint density at radius 3 is 2.58 bits per heavy atom. The average Bonchev–Trinajstić information content (AvgIpc) is 2.89. The Morgan fingerprint density at radius 2 is 1.73 bits per heavy atom. The highest BCUT2D eigenvalue weighted by molar-refractivity contribution is 5.95. The van der Waals surface area contributed by atoms with Gasteiger partial charge in [-0.25, -0.2) is 9.97 Å². The van der Waals surface area contributed by atoms with Crippen LogP contribution in [0.4, 0.5) is 0 Å². The Labute approximate surface area is 193 Å². The number of benzene rings is 1. The highest BCUT2D eigenvalue weighted by Gasteiger charge is 2.27. The number of carbonyl (C=O) groups excluding carboxylic acids is 1. The lowest BCUT2D eigenvalue weighted by atomic mass is 9.93. The van der Waals surface area contributed by atoms with E-state index in [0.29, 0.717) is 12.1 Å². The van der Waals surface area contributed by atoms with E-state index >= 15 is 0 Å². The van der Waals surface area contributed by atoms with E-state index in [9.17, 15) is 4.79 Å². The number of pyridine rings is 2. The number of likely N-dealkylation sites (tertiary alicyclic amines) is 1. The van der Waals surface area contributed by atoms with Crippen LogP contribution in [-0.2, 0) is 0 Å². The van der Waals surface area contributed by atoms with Gasteiger partial charge in [-0.2, -0.15) is 0 Å². The third kappa shape index (κ3) is 4.65. The number of nitrogens with zero attached hydrogens (tertiary/aromatic N) is 5. The number of piperidine rings is 1. The molecule has 1 fully saturated rings. The lowest BCUT2D eigenvalue weighted by molar-refractivity contribution is 0.0705. The average molecular weight is 436 g/mol. The summed E-state index contributed by atoms with van der Waals surface area (Å²) in [5, 5.41) is 0. The second kappa shape index (κ2) is 9.28. The molecule has 1 aromatic carbocycles. The van der Waals surface area contributed by atoms with Crippen LogP contribution in [-0.4, -0.2) is 43.8 Å². The summed E-state index contributed by atoms with van der Waals surface area (Å²) in [5.41, 5.74) is 6.61. The summed E-state index contributed by atoms with van der Waals surface area (Å²) in [6.45, 7) is 3.49. The summed E-state index contributed by atoms with van der Waals surface area (Å²) in [6.07, 6.45) is 10.3. The molecule has 5 rings (SSSR count). The molecule has 1 aliphatic heterocycles. The molecule has 164 valence electrons. The molecule has 1 amide bonds. The van der Waals surface area contributed by atoms with E-state index in [1.165, 1.54) is 11.9 Å². The molecule has 0 bridgehead atoms. The minimum absolute atomic E-state index is 0.000684. The van der Waals surface area contributed by atoms with Gasteiger partial charge in [0.05, 0.1) is 11.3 Å². The van der Waals surface area contributed by atoms with Gasteiger partial charge in [-0.3, -0.25) is 14.8 Å². The quantitative estimate of drug-likeness (QED) is 0.455. The lowest BCUT2D eigenvalue weighted by Crippen LogP contribution is -2.39. The fourth-order valence-corrected chi connectivity index (χ4v) is 4.39. The maximum Gasteiger partial charge on any atom is 0.255 e. The van der Waals surface area contributed by atoms with Crippen LogP contribution in [0, 0.1) is 6.92 Å². The molecule has 1 saturated heterocycles. The molecule has 4 aromatic rings. The minimum atomic E-state index is 0.000684. The first kappa shape index (κ1) is 20.9. The first-order valence-electron chi connectivity index (χ1n) is 11.2. The van der Waals surface area contributed by atoms with Crippen LogP contribution in [0.25, 0.3) is 22.4 Å². The topological polar surface area (TPSA) is 71.9 Å². The fraction of sp³-hybridized carbons (Fsp3) is 0.222. The molecule has 33 heavy (non-hydrogen) atoms. The first-order valence-corrected chi connectivity index (χ1v) is 11.2. The van der Waals surface area contributed by atoms with Gasteiger partial charge in [-0.05, 0) is 44.0 Å². The third-order valence-electron chi connectivity index (χ3n) is 6.09. The molecule has 1 atom stereocenters. The van der Waals surface area contributed by atoms with Gasteiger partial charge in [-0.15, -0.1) is 0 Å². The minimum Gasteiger partial charge on any atom is -0.338 e. The van der Waals surface area contributed by atoms with Gasteiger partial charge in [0.2, 0.25) is 0 Å². The molecule has 0 spiro atoms. The van der Waals surface area contributed by atoms with Crippen molar-refractivity contribution >= 4 is 5.91 Å². The van der Waals surface area contributed by atoms with Crippen molar-refractivity contribution in [3.05, 3.63) is 96.5 Å². The number of aryl methyl sites for hydroxylation is 1. The van der Waals surface area contributed by atoms with E-state index in [-0.39, 0.29) is 11.8 Å². The highest BCUT2D eigenvalue weighted by Crippen LogP contribution is 2.29. The van der Waals surface area contributed by atoms with Crippen molar-refractivity contribution < 1.29 is 4.79 Å². The summed E-state index contributed by atoms with van der Waals surface area (Å²) in [4.78, 5) is 32.6.